The lowest BCUT2D eigenvalue weighted by molar-refractivity contribution is -0.138. The van der Waals surface area contributed by atoms with Gasteiger partial charge in [0.2, 0.25) is 10.0 Å². The zero-order valence-electron chi connectivity index (χ0n) is 5.97. The van der Waals surface area contributed by atoms with E-state index in [1.165, 1.54) is 0 Å². The topological polar surface area (TPSA) is 123 Å². The van der Waals surface area contributed by atoms with Crippen molar-refractivity contribution in [2.24, 2.45) is 10.9 Å². The van der Waals surface area contributed by atoms with Crippen molar-refractivity contribution in [2.45, 2.75) is 17.2 Å². The van der Waals surface area contributed by atoms with Crippen LogP contribution < -0.4 is 10.9 Å². The molecule has 0 aliphatic heterocycles. The zero-order chi connectivity index (χ0) is 9.94. The Balaban J connectivity index is 4.20. The van der Waals surface area contributed by atoms with Crippen molar-refractivity contribution in [3.05, 3.63) is 0 Å². The second kappa shape index (κ2) is 4.04. The number of hydrogen-bond acceptors (Lipinski definition) is 4. The van der Waals surface area contributed by atoms with E-state index >= 15 is 0 Å². The van der Waals surface area contributed by atoms with Crippen molar-refractivity contribution in [3.63, 3.8) is 0 Å². The molecular weight excluding hydrogens is 208 g/mol. The van der Waals surface area contributed by atoms with E-state index in [-0.39, 0.29) is 0 Å². The lowest BCUT2D eigenvalue weighted by atomic mass is 10.2. The molecule has 6 nitrogen and oxygen atoms in total. The summed E-state index contributed by atoms with van der Waals surface area (Å²) in [5.41, 5.74) is 5.01. The maximum atomic E-state index is 10.5. The Hall–Kier alpha value is -0.370. The van der Waals surface area contributed by atoms with Crippen LogP contribution in [0.15, 0.2) is 0 Å². The van der Waals surface area contributed by atoms with Gasteiger partial charge in [-0.3, -0.25) is 4.79 Å². The third-order valence-electron chi connectivity index (χ3n) is 1.11. The largest absolute Gasteiger partial charge is 0.480 e. The predicted molar refractivity (Wildman–Crippen MR) is 43.0 cm³/mol. The lowest BCUT2D eigenvalue weighted by Crippen LogP contribution is -2.36. The molecule has 2 unspecified atom stereocenters. The van der Waals surface area contributed by atoms with E-state index < -0.39 is 33.2 Å². The van der Waals surface area contributed by atoms with E-state index in [2.05, 4.69) is 5.14 Å². The van der Waals surface area contributed by atoms with E-state index in [4.69, 9.17) is 22.4 Å². The average molecular weight is 217 g/mol. The number of carbonyl (C=O) groups is 1. The van der Waals surface area contributed by atoms with Gasteiger partial charge in [0, 0.05) is 6.42 Å². The standard InChI is InChI=1S/C4H9ClN2O4S/c5-3(12(7,10)11)1-2(6)4(8)9/h2-3H,1,6H2,(H,8,9)(H2,7,10,11). The van der Waals surface area contributed by atoms with Crippen LogP contribution in [0.5, 0.6) is 0 Å². The molecule has 72 valence electrons. The van der Waals surface area contributed by atoms with Gasteiger partial charge in [-0.15, -0.1) is 11.6 Å². The number of aliphatic carboxylic acids is 1. The number of halogens is 1. The van der Waals surface area contributed by atoms with Crippen LogP contribution in [-0.4, -0.2) is 30.2 Å². The Morgan fingerprint density at radius 2 is 2.00 bits per heavy atom. The van der Waals surface area contributed by atoms with Crippen molar-refractivity contribution in [1.29, 1.82) is 0 Å². The summed E-state index contributed by atoms with van der Waals surface area (Å²) in [6, 6.07) is -1.31. The number of sulfonamides is 1. The molecule has 0 saturated carbocycles. The fraction of sp³-hybridized carbons (Fsp3) is 0.750. The fourth-order valence-electron chi connectivity index (χ4n) is 0.435. The molecule has 0 amide bonds. The Morgan fingerprint density at radius 3 is 2.25 bits per heavy atom. The normalized spacial score (nSPS) is 16.9. The zero-order valence-corrected chi connectivity index (χ0v) is 7.55. The molecular formula is C4H9ClN2O4S. The highest BCUT2D eigenvalue weighted by atomic mass is 35.5. The molecule has 0 aliphatic rings. The number of carboxylic acid groups (broad SMARTS) is 1. The SMILES string of the molecule is NC(CC(Cl)S(N)(=O)=O)C(=O)O. The summed E-state index contributed by atoms with van der Waals surface area (Å²) in [5.74, 6) is -1.32. The van der Waals surface area contributed by atoms with Crippen molar-refractivity contribution in [2.75, 3.05) is 0 Å². The highest BCUT2D eigenvalue weighted by Gasteiger charge is 2.24. The summed E-state index contributed by atoms with van der Waals surface area (Å²) in [6.07, 6.45) is -0.407. The van der Waals surface area contributed by atoms with Gasteiger partial charge in [-0.25, -0.2) is 13.6 Å². The van der Waals surface area contributed by atoms with E-state index in [0.29, 0.717) is 0 Å². The number of rotatable bonds is 4. The van der Waals surface area contributed by atoms with Crippen LogP contribution in [0.25, 0.3) is 0 Å². The fourth-order valence-corrected chi connectivity index (χ4v) is 1.10. The molecule has 8 heteroatoms. The third kappa shape index (κ3) is 3.86. The van der Waals surface area contributed by atoms with Gasteiger partial charge in [-0.2, -0.15) is 0 Å². The van der Waals surface area contributed by atoms with Crippen LogP contribution in [0.3, 0.4) is 0 Å². The van der Waals surface area contributed by atoms with Crippen molar-refractivity contribution >= 4 is 27.6 Å². The van der Waals surface area contributed by atoms with E-state index in [1.807, 2.05) is 0 Å². The van der Waals surface area contributed by atoms with Gasteiger partial charge in [-0.05, 0) is 0 Å². The molecule has 0 bridgehead atoms. The van der Waals surface area contributed by atoms with Gasteiger partial charge in [0.25, 0.3) is 0 Å². The number of primary sulfonamides is 1. The maximum Gasteiger partial charge on any atom is 0.320 e. The highest BCUT2D eigenvalue weighted by Crippen LogP contribution is 2.09. The van der Waals surface area contributed by atoms with Crippen molar-refractivity contribution < 1.29 is 18.3 Å². The molecule has 0 fully saturated rings. The van der Waals surface area contributed by atoms with Crippen LogP contribution >= 0.6 is 11.6 Å². The van der Waals surface area contributed by atoms with Crippen LogP contribution in [0.1, 0.15) is 6.42 Å². The Morgan fingerprint density at radius 1 is 1.58 bits per heavy atom. The van der Waals surface area contributed by atoms with Gasteiger partial charge in [0.15, 0.2) is 4.71 Å². The number of alkyl halides is 1. The first-order chi connectivity index (χ1) is 5.25. The molecule has 0 radical (unpaired) electrons. The van der Waals surface area contributed by atoms with Crippen LogP contribution in [0.4, 0.5) is 0 Å². The molecule has 0 aromatic rings. The first-order valence-electron chi connectivity index (χ1n) is 2.89. The first kappa shape index (κ1) is 11.6. The Bertz CT molecular complexity index is 264. The molecule has 0 saturated heterocycles. The summed E-state index contributed by atoms with van der Waals surface area (Å²) in [5, 5.41) is 12.9. The monoisotopic (exact) mass is 216 g/mol. The van der Waals surface area contributed by atoms with Crippen molar-refractivity contribution in [3.8, 4) is 0 Å². The third-order valence-corrected chi connectivity index (χ3v) is 2.94. The molecule has 2 atom stereocenters. The number of carboxylic acids is 1. The molecule has 0 aromatic carbocycles. The second-order valence-electron chi connectivity index (χ2n) is 2.18. The van der Waals surface area contributed by atoms with Gasteiger partial charge in [0.1, 0.15) is 6.04 Å². The lowest BCUT2D eigenvalue weighted by Gasteiger charge is -2.09. The van der Waals surface area contributed by atoms with Crippen LogP contribution in [0, 0.1) is 0 Å². The van der Waals surface area contributed by atoms with Crippen LogP contribution in [-0.2, 0) is 14.8 Å². The smallest absolute Gasteiger partial charge is 0.320 e. The minimum Gasteiger partial charge on any atom is -0.480 e. The van der Waals surface area contributed by atoms with Crippen LogP contribution in [0.2, 0.25) is 0 Å². The van der Waals surface area contributed by atoms with Gasteiger partial charge in [-0.1, -0.05) is 0 Å². The molecule has 0 spiro atoms. The summed E-state index contributed by atoms with van der Waals surface area (Å²) in [4.78, 5) is 10.1. The molecule has 0 aromatic heterocycles. The summed E-state index contributed by atoms with van der Waals surface area (Å²) in [7, 11) is -3.91. The summed E-state index contributed by atoms with van der Waals surface area (Å²) >= 11 is 5.24. The average Bonchev–Trinajstić information content (AvgIpc) is 1.85. The van der Waals surface area contributed by atoms with E-state index in [9.17, 15) is 13.2 Å². The maximum absolute atomic E-state index is 10.5. The first-order valence-corrected chi connectivity index (χ1v) is 4.94. The van der Waals surface area contributed by atoms with E-state index in [0.717, 1.165) is 0 Å². The number of nitrogens with two attached hydrogens (primary N) is 2. The molecule has 12 heavy (non-hydrogen) atoms. The molecule has 0 aliphatic carbocycles. The van der Waals surface area contributed by atoms with Gasteiger partial charge in [0.05, 0.1) is 0 Å². The minimum absolute atomic E-state index is 0.407. The van der Waals surface area contributed by atoms with Gasteiger partial charge >= 0.3 is 5.97 Å². The Labute approximate surface area is 74.5 Å². The Kier molecular flexibility index (Phi) is 3.91. The predicted octanol–water partition coefficient (Wildman–Crippen LogP) is -1.36. The second-order valence-corrected chi connectivity index (χ2v) is 4.71. The summed E-state index contributed by atoms with van der Waals surface area (Å²) in [6.45, 7) is 0. The molecule has 5 N–H and O–H groups in total. The van der Waals surface area contributed by atoms with E-state index in [1.54, 1.807) is 0 Å². The highest BCUT2D eigenvalue weighted by molar-refractivity contribution is 7.91. The van der Waals surface area contributed by atoms with Crippen molar-refractivity contribution in [1.82, 2.24) is 0 Å². The minimum atomic E-state index is -3.91. The summed E-state index contributed by atoms with van der Waals surface area (Å²) < 4.78 is 19.5. The van der Waals surface area contributed by atoms with Gasteiger partial charge < -0.3 is 10.8 Å². The number of hydrogen-bond donors (Lipinski definition) is 3. The molecule has 0 rings (SSSR count). The quantitative estimate of drug-likeness (QED) is 0.501. The molecule has 0 heterocycles.